The number of ether oxygens (including phenoxy) is 3. The van der Waals surface area contributed by atoms with Gasteiger partial charge >= 0.3 is 44.9 Å². The van der Waals surface area contributed by atoms with Crippen LogP contribution in [-0.2, 0) is 55.6 Å². The summed E-state index contributed by atoms with van der Waals surface area (Å²) in [5.41, 5.74) is 1.76. The molecule has 3 aromatic carbocycles. The van der Waals surface area contributed by atoms with Crippen LogP contribution in [0.5, 0.6) is 5.75 Å². The molecule has 4 aromatic rings. The van der Waals surface area contributed by atoms with Gasteiger partial charge in [0.1, 0.15) is 24.3 Å². The van der Waals surface area contributed by atoms with E-state index in [-0.39, 0.29) is 78.2 Å². The molecule has 1 aromatic heterocycles. The van der Waals surface area contributed by atoms with E-state index in [1.54, 1.807) is 81.4 Å². The average molecular weight is 1070 g/mol. The van der Waals surface area contributed by atoms with Crippen LogP contribution in [0.1, 0.15) is 59.7 Å². The van der Waals surface area contributed by atoms with E-state index >= 15 is 0 Å². The van der Waals surface area contributed by atoms with E-state index in [1.807, 2.05) is 0 Å². The van der Waals surface area contributed by atoms with Crippen molar-refractivity contribution in [3.8, 4) is 16.9 Å². The molecule has 1 aliphatic heterocycles. The van der Waals surface area contributed by atoms with Crippen molar-refractivity contribution in [2.45, 2.75) is 50.0 Å². The number of amidine groups is 1. The Balaban J connectivity index is 0.00000555. The molecule has 72 heavy (non-hydrogen) atoms. The normalized spacial score (nSPS) is 13.4. The molecular weight excluding hydrogens is 1020 g/mol. The predicted octanol–water partition coefficient (Wildman–Crippen LogP) is 5.36. The first-order chi connectivity index (χ1) is 34.6. The van der Waals surface area contributed by atoms with Crippen molar-refractivity contribution in [1.29, 1.82) is 0 Å². The topological polar surface area (TPSA) is 271 Å². The number of carbonyl (C=O) groups is 8. The van der Waals surface area contributed by atoms with Crippen LogP contribution in [0.2, 0.25) is 0 Å². The fraction of sp³-hybridized carbons (Fsp3) is 0.220. The Hall–Kier alpha value is -7.45. The number of allylic oxidation sites excluding steroid dienone is 1. The molecule has 2 heterocycles. The van der Waals surface area contributed by atoms with Crippen LogP contribution in [0.25, 0.3) is 22.8 Å². The monoisotopic (exact) mass is 1070 g/mol. The number of hydrogen-bond donors (Lipinski definition) is 6. The molecule has 5 rings (SSSR count). The fourth-order valence-corrected chi connectivity index (χ4v) is 7.73. The van der Waals surface area contributed by atoms with E-state index in [4.69, 9.17) is 33.9 Å². The van der Waals surface area contributed by atoms with Crippen molar-refractivity contribution in [3.63, 3.8) is 0 Å². The molecule has 0 saturated heterocycles. The van der Waals surface area contributed by atoms with Crippen LogP contribution in [0.15, 0.2) is 125 Å². The Morgan fingerprint density at radius 2 is 1.47 bits per heavy atom. The number of nitrogens with zero attached hydrogens (tertiary/aromatic N) is 2. The molecule has 3 unspecified atom stereocenters. The number of thioether (sulfide) groups is 1. The van der Waals surface area contributed by atoms with Gasteiger partial charge in [-0.2, -0.15) is 0 Å². The van der Waals surface area contributed by atoms with Gasteiger partial charge in [-0.1, -0.05) is 73.8 Å². The number of rotatable bonds is 23. The molecule has 22 heteroatoms. The summed E-state index contributed by atoms with van der Waals surface area (Å²) in [7, 11) is 4.76. The Morgan fingerprint density at radius 1 is 0.847 bits per heavy atom. The molecule has 0 fully saturated rings. The molecule has 1 aliphatic rings. The van der Waals surface area contributed by atoms with E-state index in [9.17, 15) is 43.5 Å². The second-order valence-electron chi connectivity index (χ2n) is 15.0. The number of halogens is 1. The summed E-state index contributed by atoms with van der Waals surface area (Å²) in [5, 5.41) is 22.8. The number of carboxylic acids is 1. The first-order valence-electron chi connectivity index (χ1n) is 21.9. The molecular formula is C50H50ClN7O12SZn. The molecule has 0 radical (unpaired) electrons. The number of likely N-dealkylation sites (N-methyl/N-ethyl adjacent to an activating group) is 1. The number of carbonyl (C=O) groups excluding carboxylic acids is 7. The van der Waals surface area contributed by atoms with Gasteiger partial charge in [-0.15, -0.1) is 11.8 Å². The molecule has 0 spiro atoms. The summed E-state index contributed by atoms with van der Waals surface area (Å²) < 4.78 is 15.2. The minimum atomic E-state index is -1.28. The van der Waals surface area contributed by atoms with Crippen molar-refractivity contribution in [2.75, 3.05) is 31.6 Å². The van der Waals surface area contributed by atoms with Gasteiger partial charge in [-0.3, -0.25) is 24.0 Å². The number of aliphatic imine (C=N–C) groups is 1. The molecule has 0 saturated carbocycles. The van der Waals surface area contributed by atoms with Crippen molar-refractivity contribution in [3.05, 3.63) is 138 Å². The first kappa shape index (κ1) is 57.1. The van der Waals surface area contributed by atoms with Crippen molar-refractivity contribution in [1.82, 2.24) is 26.3 Å². The number of aromatic nitrogens is 1. The van der Waals surface area contributed by atoms with Gasteiger partial charge < -0.3 is 50.9 Å². The van der Waals surface area contributed by atoms with Crippen molar-refractivity contribution in [2.24, 2.45) is 4.99 Å². The quantitative estimate of drug-likeness (QED) is 0.0179. The zero-order chi connectivity index (χ0) is 52.9. The van der Waals surface area contributed by atoms with Crippen LogP contribution < -0.4 is 36.3 Å². The van der Waals surface area contributed by atoms with Gasteiger partial charge in [0.05, 0.1) is 28.1 Å². The number of benzene rings is 3. The van der Waals surface area contributed by atoms with Crippen LogP contribution in [-0.4, -0.2) is 103 Å². The van der Waals surface area contributed by atoms with Gasteiger partial charge in [0, 0.05) is 47.8 Å². The van der Waals surface area contributed by atoms with Gasteiger partial charge in [-0.05, 0) is 80.2 Å². The molecule has 19 nitrogen and oxygen atoms in total. The minimum absolute atomic E-state index is 0.000850. The molecule has 0 aliphatic carbocycles. The van der Waals surface area contributed by atoms with Gasteiger partial charge in [0.15, 0.2) is 5.91 Å². The number of nitrogens with one attached hydrogen (secondary N) is 5. The second kappa shape index (κ2) is 28.4. The summed E-state index contributed by atoms with van der Waals surface area (Å²) >= 11 is 1.81. The van der Waals surface area contributed by atoms with Crippen molar-refractivity contribution < 1.29 is 75.0 Å². The Kier molecular flexibility index (Phi) is 22.5. The second-order valence-corrected chi connectivity index (χ2v) is 16.4. The zero-order valence-corrected chi connectivity index (χ0v) is 44.2. The number of carboxylic acid groups (broad SMARTS) is 1. The SMILES string of the molecule is C=CC(=O)OCC(CNC(C)C(=O)NC1=N/C(=C\c2[n-]c(NC(=O)C(C)Sc3cc(OC=O)cc(C(=O)O)c3)c(C(=O)NCC)c2-c2ccccc2)C(c2ccccc2)=C1C(=O)NCC)OC(=O)C=C.[Cl][Zn+]. The standard InChI is InChI=1S/C50H51N7O12S.ClH.Zn/c1-7-38(59)67-26-34(69-39(60)8-2)25-53-28(5)46(61)56-44-42(48(63)51-9-3)40(30-17-13-11-14-18-30)36(54-44)24-37-41(31-19-15-12-16-20-31)43(49(64)52-10-4)45(55-37)57-47(62)29(6)70-35-22-32(50(65)66)21-33(23-35)68-27-58;;/h7-8,11-24,27-29,34,53H,1-2,9-10,25-26H2,3-6H3,(H6,51,52,54,55,56,57,61,62,63,64,65,66);1H;/q;;+2/p-2. The van der Waals surface area contributed by atoms with Gasteiger partial charge in [0.2, 0.25) is 5.91 Å². The van der Waals surface area contributed by atoms with Gasteiger partial charge in [-0.25, -0.2) is 19.4 Å². The van der Waals surface area contributed by atoms with E-state index in [0.29, 0.717) is 27.2 Å². The van der Waals surface area contributed by atoms with E-state index in [0.717, 1.165) is 47.3 Å². The van der Waals surface area contributed by atoms with Crippen LogP contribution >= 0.6 is 21.5 Å². The molecule has 0 bridgehead atoms. The predicted molar refractivity (Wildman–Crippen MR) is 267 cm³/mol. The molecule has 6 N–H and O–H groups in total. The Bertz CT molecular complexity index is 2780. The average Bonchev–Trinajstić information content (AvgIpc) is 3.92. The van der Waals surface area contributed by atoms with Gasteiger partial charge in [0.25, 0.3) is 18.3 Å². The summed E-state index contributed by atoms with van der Waals surface area (Å²) in [5.74, 6) is -5.56. The Morgan fingerprint density at radius 3 is 2.07 bits per heavy atom. The molecule has 4 amide bonds. The third-order valence-corrected chi connectivity index (χ3v) is 11.1. The third kappa shape index (κ3) is 15.5. The maximum absolute atomic E-state index is 14.1. The van der Waals surface area contributed by atoms with E-state index < -0.39 is 58.9 Å². The van der Waals surface area contributed by atoms with Crippen molar-refractivity contribution >= 4 is 92.8 Å². The summed E-state index contributed by atoms with van der Waals surface area (Å²) in [6, 6.07) is 20.5. The first-order valence-corrected chi connectivity index (χ1v) is 26.7. The molecule has 372 valence electrons. The fourth-order valence-electron chi connectivity index (χ4n) is 6.78. The number of hydrogen-bond acceptors (Lipinski definition) is 14. The van der Waals surface area contributed by atoms with Crippen LogP contribution in [0.3, 0.4) is 0 Å². The number of aromatic carboxylic acids is 1. The van der Waals surface area contributed by atoms with Crippen LogP contribution in [0.4, 0.5) is 5.82 Å². The van der Waals surface area contributed by atoms with Crippen LogP contribution in [0, 0.1) is 0 Å². The maximum atomic E-state index is 14.1. The summed E-state index contributed by atoms with van der Waals surface area (Å²) in [6.45, 7) is 13.3. The number of esters is 2. The van der Waals surface area contributed by atoms with E-state index in [2.05, 4.69) is 39.7 Å². The number of anilines is 1. The van der Waals surface area contributed by atoms with E-state index in [1.165, 1.54) is 25.1 Å². The number of amides is 4. The summed E-state index contributed by atoms with van der Waals surface area (Å²) in [4.78, 5) is 113. The third-order valence-electron chi connectivity index (χ3n) is 10.0. The zero-order valence-electron chi connectivity index (χ0n) is 39.6. The Labute approximate surface area is 433 Å². The summed E-state index contributed by atoms with van der Waals surface area (Å²) in [6.07, 6.45) is 2.39. The molecule has 3 atom stereocenters.